The molecule has 5 rings (SSSR count). The fraction of sp³-hybridized carbons (Fsp3) is 0.320. The number of H-pyrrole nitrogens is 1. The number of rotatable bonds is 5. The van der Waals surface area contributed by atoms with Gasteiger partial charge in [0.1, 0.15) is 0 Å². The van der Waals surface area contributed by atoms with Crippen molar-refractivity contribution in [2.24, 2.45) is 4.99 Å². The summed E-state index contributed by atoms with van der Waals surface area (Å²) in [6.07, 6.45) is 9.47. The first kappa shape index (κ1) is 19.7. The van der Waals surface area contributed by atoms with Crippen molar-refractivity contribution in [3.63, 3.8) is 0 Å². The Morgan fingerprint density at radius 2 is 1.90 bits per heavy atom. The van der Waals surface area contributed by atoms with Crippen LogP contribution in [0.3, 0.4) is 0 Å². The number of halogens is 1. The molecule has 5 heteroatoms. The number of aromatic amines is 1. The van der Waals surface area contributed by atoms with E-state index in [2.05, 4.69) is 63.6 Å². The Morgan fingerprint density at radius 3 is 2.73 bits per heavy atom. The van der Waals surface area contributed by atoms with Crippen molar-refractivity contribution in [1.29, 1.82) is 0 Å². The third kappa shape index (κ3) is 4.12. The highest BCUT2D eigenvalue weighted by molar-refractivity contribution is 7.07. The summed E-state index contributed by atoms with van der Waals surface area (Å²) in [5, 5.41) is 4.26. The SMILES string of the molecule is Clc1ccc2[nH]cc(CCn3c(-c4ccccc4)csc3=NC3CCCCC3)c2c1. The highest BCUT2D eigenvalue weighted by Gasteiger charge is 2.14. The Balaban J connectivity index is 1.50. The maximum absolute atomic E-state index is 6.25. The molecule has 1 N–H and O–H groups in total. The molecule has 4 aromatic rings. The topological polar surface area (TPSA) is 33.1 Å². The lowest BCUT2D eigenvalue weighted by Crippen LogP contribution is -2.22. The van der Waals surface area contributed by atoms with Crippen LogP contribution in [0.4, 0.5) is 0 Å². The average Bonchev–Trinajstić information content (AvgIpc) is 3.37. The average molecular weight is 436 g/mol. The molecule has 2 aromatic heterocycles. The molecule has 2 aromatic carbocycles. The van der Waals surface area contributed by atoms with Crippen molar-refractivity contribution < 1.29 is 0 Å². The summed E-state index contributed by atoms with van der Waals surface area (Å²) in [7, 11) is 0. The predicted octanol–water partition coefficient (Wildman–Crippen LogP) is 6.83. The summed E-state index contributed by atoms with van der Waals surface area (Å²) in [6, 6.07) is 17.2. The van der Waals surface area contributed by atoms with Crippen LogP contribution in [-0.2, 0) is 13.0 Å². The summed E-state index contributed by atoms with van der Waals surface area (Å²) < 4.78 is 2.41. The molecule has 3 nitrogen and oxygen atoms in total. The lowest BCUT2D eigenvalue weighted by Gasteiger charge is -2.17. The molecule has 1 fully saturated rings. The number of hydrogen-bond donors (Lipinski definition) is 1. The van der Waals surface area contributed by atoms with Crippen LogP contribution in [0.1, 0.15) is 37.7 Å². The minimum atomic E-state index is 0.471. The maximum Gasteiger partial charge on any atom is 0.185 e. The Morgan fingerprint density at radius 1 is 1.07 bits per heavy atom. The summed E-state index contributed by atoms with van der Waals surface area (Å²) in [5.74, 6) is 0. The molecule has 0 radical (unpaired) electrons. The molecule has 154 valence electrons. The van der Waals surface area contributed by atoms with Gasteiger partial charge in [0.15, 0.2) is 4.80 Å². The normalized spacial score (nSPS) is 15.8. The van der Waals surface area contributed by atoms with Gasteiger partial charge in [-0.3, -0.25) is 4.99 Å². The van der Waals surface area contributed by atoms with E-state index in [-0.39, 0.29) is 0 Å². The standard InChI is InChI=1S/C25H26ClN3S/c26-20-11-12-23-22(15-20)19(16-27-23)13-14-29-24(18-7-3-1-4-8-18)17-30-25(29)28-21-9-5-2-6-10-21/h1,3-4,7-8,11-12,15-17,21,27H,2,5-6,9-10,13-14H2. The summed E-state index contributed by atoms with van der Waals surface area (Å²) in [4.78, 5) is 9.73. The predicted molar refractivity (Wildman–Crippen MR) is 127 cm³/mol. The van der Waals surface area contributed by atoms with Gasteiger partial charge in [0.25, 0.3) is 0 Å². The van der Waals surface area contributed by atoms with Gasteiger partial charge in [0.05, 0.1) is 11.7 Å². The molecule has 0 amide bonds. The molecule has 1 saturated carbocycles. The molecule has 0 saturated heterocycles. The number of benzene rings is 2. The van der Waals surface area contributed by atoms with Gasteiger partial charge >= 0.3 is 0 Å². The van der Waals surface area contributed by atoms with E-state index in [0.717, 1.165) is 28.3 Å². The lowest BCUT2D eigenvalue weighted by molar-refractivity contribution is 0.434. The number of thiazole rings is 1. The van der Waals surface area contributed by atoms with Crippen LogP contribution in [0.5, 0.6) is 0 Å². The first-order chi connectivity index (χ1) is 14.8. The first-order valence-electron chi connectivity index (χ1n) is 10.8. The minimum Gasteiger partial charge on any atom is -0.361 e. The Bertz CT molecular complexity index is 1200. The highest BCUT2D eigenvalue weighted by atomic mass is 35.5. The minimum absolute atomic E-state index is 0.471. The molecule has 30 heavy (non-hydrogen) atoms. The zero-order valence-electron chi connectivity index (χ0n) is 17.0. The van der Waals surface area contributed by atoms with Crippen molar-refractivity contribution >= 4 is 33.8 Å². The van der Waals surface area contributed by atoms with Crippen LogP contribution in [0.15, 0.2) is 65.1 Å². The van der Waals surface area contributed by atoms with Crippen LogP contribution < -0.4 is 4.80 Å². The van der Waals surface area contributed by atoms with E-state index in [0.29, 0.717) is 6.04 Å². The van der Waals surface area contributed by atoms with Crippen molar-refractivity contribution in [3.8, 4) is 11.3 Å². The molecule has 0 aliphatic heterocycles. The van der Waals surface area contributed by atoms with Crippen LogP contribution in [0.25, 0.3) is 22.2 Å². The molecule has 0 atom stereocenters. The van der Waals surface area contributed by atoms with Gasteiger partial charge in [0, 0.05) is 34.0 Å². The second kappa shape index (κ2) is 8.83. The van der Waals surface area contributed by atoms with Crippen LogP contribution in [0.2, 0.25) is 5.02 Å². The number of hydrogen-bond acceptors (Lipinski definition) is 2. The molecular weight excluding hydrogens is 410 g/mol. The highest BCUT2D eigenvalue weighted by Crippen LogP contribution is 2.25. The third-order valence-electron chi connectivity index (χ3n) is 6.07. The smallest absolute Gasteiger partial charge is 0.185 e. The number of nitrogens with one attached hydrogen (secondary N) is 1. The molecule has 1 aliphatic carbocycles. The van der Waals surface area contributed by atoms with Gasteiger partial charge in [-0.25, -0.2) is 0 Å². The van der Waals surface area contributed by atoms with Gasteiger partial charge in [-0.2, -0.15) is 0 Å². The van der Waals surface area contributed by atoms with E-state index in [9.17, 15) is 0 Å². The Hall–Kier alpha value is -2.30. The summed E-state index contributed by atoms with van der Waals surface area (Å²) in [5.41, 5.74) is 4.95. The molecule has 1 aliphatic rings. The zero-order chi connectivity index (χ0) is 20.3. The summed E-state index contributed by atoms with van der Waals surface area (Å²) in [6.45, 7) is 0.902. The molecule has 0 spiro atoms. The van der Waals surface area contributed by atoms with Gasteiger partial charge in [-0.15, -0.1) is 11.3 Å². The van der Waals surface area contributed by atoms with Crippen molar-refractivity contribution in [2.45, 2.75) is 51.1 Å². The number of nitrogens with zero attached hydrogens (tertiary/aromatic N) is 2. The quantitative estimate of drug-likeness (QED) is 0.356. The van der Waals surface area contributed by atoms with Crippen LogP contribution >= 0.6 is 22.9 Å². The van der Waals surface area contributed by atoms with Crippen LogP contribution in [-0.4, -0.2) is 15.6 Å². The largest absolute Gasteiger partial charge is 0.361 e. The number of fused-ring (bicyclic) bond motifs is 1. The van der Waals surface area contributed by atoms with E-state index < -0.39 is 0 Å². The number of aryl methyl sites for hydroxylation is 1. The molecule has 0 bridgehead atoms. The lowest BCUT2D eigenvalue weighted by atomic mass is 9.96. The van der Waals surface area contributed by atoms with E-state index in [1.807, 2.05) is 6.07 Å². The second-order valence-electron chi connectivity index (χ2n) is 8.10. The van der Waals surface area contributed by atoms with E-state index in [1.54, 1.807) is 11.3 Å². The maximum atomic E-state index is 6.25. The van der Waals surface area contributed by atoms with Crippen molar-refractivity contribution in [2.75, 3.05) is 0 Å². The van der Waals surface area contributed by atoms with Gasteiger partial charge in [-0.05, 0) is 48.6 Å². The monoisotopic (exact) mass is 435 g/mol. The van der Waals surface area contributed by atoms with Gasteiger partial charge < -0.3 is 9.55 Å². The van der Waals surface area contributed by atoms with E-state index in [1.165, 1.54) is 54.3 Å². The fourth-order valence-electron chi connectivity index (χ4n) is 4.44. The number of aromatic nitrogens is 2. The third-order valence-corrected chi connectivity index (χ3v) is 7.18. The van der Waals surface area contributed by atoms with Gasteiger partial charge in [0.2, 0.25) is 0 Å². The van der Waals surface area contributed by atoms with Crippen molar-refractivity contribution in [1.82, 2.24) is 9.55 Å². The van der Waals surface area contributed by atoms with E-state index in [4.69, 9.17) is 16.6 Å². The first-order valence-corrected chi connectivity index (χ1v) is 12.1. The van der Waals surface area contributed by atoms with Crippen molar-refractivity contribution in [3.05, 3.63) is 75.5 Å². The van der Waals surface area contributed by atoms with Crippen LogP contribution in [0, 0.1) is 0 Å². The van der Waals surface area contributed by atoms with Gasteiger partial charge in [-0.1, -0.05) is 61.2 Å². The zero-order valence-corrected chi connectivity index (χ0v) is 18.6. The second-order valence-corrected chi connectivity index (χ2v) is 9.37. The Kier molecular flexibility index (Phi) is 5.78. The fourth-order valence-corrected chi connectivity index (χ4v) is 5.62. The molecule has 0 unspecified atom stereocenters. The molecule has 2 heterocycles. The summed E-state index contributed by atoms with van der Waals surface area (Å²) >= 11 is 8.03. The van der Waals surface area contributed by atoms with E-state index >= 15 is 0 Å². The Labute approximate surface area is 186 Å². The molecular formula is C25H26ClN3S.